The molecule has 1 saturated heterocycles. The lowest BCUT2D eigenvalue weighted by molar-refractivity contribution is -0.137. The normalized spacial score (nSPS) is 18.1. The molecule has 156 valence electrons. The summed E-state index contributed by atoms with van der Waals surface area (Å²) < 4.78 is 28.8. The second-order valence-corrected chi connectivity index (χ2v) is 9.89. The maximum atomic E-state index is 12.7. The van der Waals surface area contributed by atoms with Gasteiger partial charge in [-0.2, -0.15) is 0 Å². The fraction of sp³-hybridized carbons (Fsp3) is 0.450. The lowest BCUT2D eigenvalue weighted by atomic mass is 10.1. The van der Waals surface area contributed by atoms with Crippen LogP contribution in [0.1, 0.15) is 30.6 Å². The van der Waals surface area contributed by atoms with Crippen LogP contribution in [0.4, 0.5) is 0 Å². The van der Waals surface area contributed by atoms with Crippen LogP contribution in [-0.4, -0.2) is 60.9 Å². The third-order valence-electron chi connectivity index (χ3n) is 4.83. The van der Waals surface area contributed by atoms with Gasteiger partial charge in [0.15, 0.2) is 16.4 Å². The van der Waals surface area contributed by atoms with Crippen molar-refractivity contribution >= 4 is 32.6 Å². The number of aromatic amines is 1. The van der Waals surface area contributed by atoms with Crippen LogP contribution in [0.3, 0.4) is 0 Å². The van der Waals surface area contributed by atoms with Crippen molar-refractivity contribution in [1.29, 1.82) is 0 Å². The number of benzene rings is 1. The van der Waals surface area contributed by atoms with Gasteiger partial charge in [0.2, 0.25) is 5.56 Å². The van der Waals surface area contributed by atoms with Crippen molar-refractivity contribution in [3.8, 4) is 0 Å². The van der Waals surface area contributed by atoms with Gasteiger partial charge in [0.05, 0.1) is 17.1 Å². The van der Waals surface area contributed by atoms with Gasteiger partial charge in [-0.15, -0.1) is 0 Å². The van der Waals surface area contributed by atoms with E-state index in [1.54, 1.807) is 24.3 Å². The second kappa shape index (κ2) is 8.36. The number of hydrogen-bond donors (Lipinski definition) is 1. The fourth-order valence-corrected chi connectivity index (χ4v) is 5.26. The largest absolute Gasteiger partial charge is 0.452 e. The van der Waals surface area contributed by atoms with Crippen molar-refractivity contribution in [3.63, 3.8) is 0 Å². The SMILES string of the molecule is CC(C)CN(C(=O)COC(=O)c1cc(=O)[nH]c2ccccc12)C1CCS(=O)(=O)C1. The van der Waals surface area contributed by atoms with Gasteiger partial charge in [0, 0.05) is 29.6 Å². The van der Waals surface area contributed by atoms with Crippen molar-refractivity contribution in [1.82, 2.24) is 9.88 Å². The number of H-pyrrole nitrogens is 1. The minimum Gasteiger partial charge on any atom is -0.452 e. The van der Waals surface area contributed by atoms with Crippen LogP contribution < -0.4 is 5.56 Å². The van der Waals surface area contributed by atoms with Crippen LogP contribution in [0.5, 0.6) is 0 Å². The van der Waals surface area contributed by atoms with E-state index in [1.165, 1.54) is 4.90 Å². The Morgan fingerprint density at radius 3 is 2.66 bits per heavy atom. The highest BCUT2D eigenvalue weighted by Gasteiger charge is 2.35. The Labute approximate surface area is 168 Å². The van der Waals surface area contributed by atoms with Gasteiger partial charge in [0.1, 0.15) is 0 Å². The van der Waals surface area contributed by atoms with Crippen LogP contribution >= 0.6 is 0 Å². The van der Waals surface area contributed by atoms with Crippen molar-refractivity contribution in [2.24, 2.45) is 5.92 Å². The Hall–Kier alpha value is -2.68. The summed E-state index contributed by atoms with van der Waals surface area (Å²) in [5.74, 6) is -1.10. The minimum atomic E-state index is -3.15. The van der Waals surface area contributed by atoms with E-state index >= 15 is 0 Å². The Morgan fingerprint density at radius 2 is 2.00 bits per heavy atom. The van der Waals surface area contributed by atoms with E-state index in [0.29, 0.717) is 23.9 Å². The molecule has 8 nitrogen and oxygen atoms in total. The first-order valence-corrected chi connectivity index (χ1v) is 11.3. The van der Waals surface area contributed by atoms with Crippen molar-refractivity contribution in [2.45, 2.75) is 26.3 Å². The fourth-order valence-electron chi connectivity index (χ4n) is 3.53. The average molecular weight is 420 g/mol. The van der Waals surface area contributed by atoms with E-state index in [4.69, 9.17) is 4.74 Å². The molecular formula is C20H24N2O6S. The molecule has 1 unspecified atom stereocenters. The molecule has 1 atom stereocenters. The average Bonchev–Trinajstić information content (AvgIpc) is 3.02. The molecule has 0 saturated carbocycles. The zero-order valence-electron chi connectivity index (χ0n) is 16.4. The Morgan fingerprint density at radius 1 is 1.28 bits per heavy atom. The molecule has 1 aliphatic rings. The maximum Gasteiger partial charge on any atom is 0.339 e. The van der Waals surface area contributed by atoms with Crippen molar-refractivity contribution in [3.05, 3.63) is 46.2 Å². The summed E-state index contributed by atoms with van der Waals surface area (Å²) in [6.07, 6.45) is 0.382. The number of para-hydroxylation sites is 1. The molecule has 0 aliphatic carbocycles. The molecule has 29 heavy (non-hydrogen) atoms. The molecule has 1 N–H and O–H groups in total. The molecule has 0 bridgehead atoms. The molecule has 2 aromatic rings. The standard InChI is InChI=1S/C20H24N2O6S/c1-13(2)10-22(14-7-8-29(26,27)12-14)19(24)11-28-20(25)16-9-18(23)21-17-6-4-3-5-15(16)17/h3-6,9,13-14H,7-8,10-12H2,1-2H3,(H,21,23). The maximum absolute atomic E-state index is 12.7. The molecule has 1 aromatic heterocycles. The molecule has 1 amide bonds. The van der Waals surface area contributed by atoms with Crippen LogP contribution in [0.2, 0.25) is 0 Å². The minimum absolute atomic E-state index is 0.0537. The first kappa shape index (κ1) is 21.0. The molecule has 3 rings (SSSR count). The van der Waals surface area contributed by atoms with Crippen molar-refractivity contribution in [2.75, 3.05) is 24.7 Å². The smallest absolute Gasteiger partial charge is 0.339 e. The molecule has 1 aliphatic heterocycles. The summed E-state index contributed by atoms with van der Waals surface area (Å²) in [5.41, 5.74) is 0.131. The highest BCUT2D eigenvalue weighted by Crippen LogP contribution is 2.20. The van der Waals surface area contributed by atoms with Crippen LogP contribution in [0.15, 0.2) is 35.1 Å². The first-order chi connectivity index (χ1) is 13.7. The Bertz CT molecular complexity index is 1090. The molecule has 9 heteroatoms. The summed E-state index contributed by atoms with van der Waals surface area (Å²) in [4.78, 5) is 41.2. The van der Waals surface area contributed by atoms with E-state index < -0.39 is 39.9 Å². The van der Waals surface area contributed by atoms with Gasteiger partial charge in [0.25, 0.3) is 5.91 Å². The molecule has 1 fully saturated rings. The number of hydrogen-bond acceptors (Lipinski definition) is 6. The summed E-state index contributed by atoms with van der Waals surface area (Å²) in [6.45, 7) is 3.73. The lowest BCUT2D eigenvalue weighted by Crippen LogP contribution is -2.45. The number of nitrogens with one attached hydrogen (secondary N) is 1. The number of carbonyl (C=O) groups is 2. The first-order valence-electron chi connectivity index (χ1n) is 9.45. The van der Waals surface area contributed by atoms with Crippen LogP contribution in [-0.2, 0) is 19.4 Å². The Balaban J connectivity index is 1.75. The summed E-state index contributed by atoms with van der Waals surface area (Å²) in [7, 11) is -3.15. The predicted octanol–water partition coefficient (Wildman–Crippen LogP) is 1.36. The van der Waals surface area contributed by atoms with Gasteiger partial charge in [-0.3, -0.25) is 9.59 Å². The van der Waals surface area contributed by atoms with Gasteiger partial charge in [-0.1, -0.05) is 32.0 Å². The highest BCUT2D eigenvalue weighted by atomic mass is 32.2. The highest BCUT2D eigenvalue weighted by molar-refractivity contribution is 7.91. The monoisotopic (exact) mass is 420 g/mol. The van der Waals surface area contributed by atoms with E-state index in [-0.39, 0.29) is 23.0 Å². The van der Waals surface area contributed by atoms with Gasteiger partial charge >= 0.3 is 5.97 Å². The zero-order chi connectivity index (χ0) is 21.2. The van der Waals surface area contributed by atoms with Gasteiger partial charge < -0.3 is 14.6 Å². The molecule has 1 aromatic carbocycles. The van der Waals surface area contributed by atoms with E-state index in [0.717, 1.165) is 6.07 Å². The summed E-state index contributed by atoms with van der Waals surface area (Å²) >= 11 is 0. The number of rotatable bonds is 6. The number of fused-ring (bicyclic) bond motifs is 1. The molecular weight excluding hydrogens is 396 g/mol. The summed E-state index contributed by atoms with van der Waals surface area (Å²) in [6, 6.07) is 7.55. The van der Waals surface area contributed by atoms with E-state index in [1.807, 2.05) is 13.8 Å². The van der Waals surface area contributed by atoms with E-state index in [2.05, 4.69) is 4.98 Å². The Kier molecular flexibility index (Phi) is 6.07. The number of sulfone groups is 1. The molecule has 2 heterocycles. The third-order valence-corrected chi connectivity index (χ3v) is 6.58. The molecule has 0 spiro atoms. The lowest BCUT2D eigenvalue weighted by Gasteiger charge is -2.29. The predicted molar refractivity (Wildman–Crippen MR) is 108 cm³/mol. The van der Waals surface area contributed by atoms with Crippen LogP contribution in [0, 0.1) is 5.92 Å². The number of nitrogens with zero attached hydrogens (tertiary/aromatic N) is 1. The van der Waals surface area contributed by atoms with Crippen LogP contribution in [0.25, 0.3) is 10.9 Å². The van der Waals surface area contributed by atoms with E-state index in [9.17, 15) is 22.8 Å². The number of pyridine rings is 1. The quantitative estimate of drug-likeness (QED) is 0.706. The van der Waals surface area contributed by atoms with Gasteiger partial charge in [-0.05, 0) is 18.4 Å². The number of amides is 1. The topological polar surface area (TPSA) is 114 Å². The third kappa shape index (κ3) is 5.03. The summed E-state index contributed by atoms with van der Waals surface area (Å²) in [5, 5.41) is 0.519. The number of carbonyl (C=O) groups excluding carboxylic acids is 2. The second-order valence-electron chi connectivity index (χ2n) is 7.67. The zero-order valence-corrected chi connectivity index (χ0v) is 17.2. The number of esters is 1. The number of aromatic nitrogens is 1. The van der Waals surface area contributed by atoms with Crippen molar-refractivity contribution < 1.29 is 22.7 Å². The number of ether oxygens (including phenoxy) is 1. The van der Waals surface area contributed by atoms with Gasteiger partial charge in [-0.25, -0.2) is 13.2 Å². The molecule has 0 radical (unpaired) electrons.